The van der Waals surface area contributed by atoms with Crippen LogP contribution >= 0.6 is 0 Å². The van der Waals surface area contributed by atoms with E-state index in [0.29, 0.717) is 13.1 Å². The molecule has 0 radical (unpaired) electrons. The van der Waals surface area contributed by atoms with Crippen molar-refractivity contribution >= 4 is 28.8 Å². The van der Waals surface area contributed by atoms with Gasteiger partial charge in [0.25, 0.3) is 0 Å². The maximum absolute atomic E-state index is 13.1. The number of fused-ring (bicyclic) bond motifs is 2. The second kappa shape index (κ2) is 7.80. The molecule has 0 aliphatic heterocycles. The van der Waals surface area contributed by atoms with Crippen molar-refractivity contribution in [1.82, 2.24) is 10.2 Å². The number of rotatable bonds is 6. The second-order valence-electron chi connectivity index (χ2n) is 6.97. The summed E-state index contributed by atoms with van der Waals surface area (Å²) < 4.78 is 0. The van der Waals surface area contributed by atoms with Gasteiger partial charge in [-0.25, -0.2) is 0 Å². The van der Waals surface area contributed by atoms with E-state index in [1.807, 2.05) is 19.0 Å². The monoisotopic (exact) mass is 398 g/mol. The van der Waals surface area contributed by atoms with Crippen LogP contribution in [0.15, 0.2) is 24.3 Å². The van der Waals surface area contributed by atoms with Crippen LogP contribution in [0.5, 0.6) is 11.5 Å². The molecular formula is C20H22N4O5. The SMILES string of the molecule is CN(C)CCNC(=O)CNc1ccc(O)c2c1C(=O)c1c(N)ccc(O)c1C2=O. The number of phenols is 2. The molecule has 0 bridgehead atoms. The van der Waals surface area contributed by atoms with Crippen LogP contribution in [0.4, 0.5) is 11.4 Å². The Kier molecular flexibility index (Phi) is 5.42. The molecule has 0 heterocycles. The smallest absolute Gasteiger partial charge is 0.239 e. The Morgan fingerprint density at radius 1 is 0.966 bits per heavy atom. The first-order valence-electron chi connectivity index (χ1n) is 8.94. The molecule has 0 saturated carbocycles. The van der Waals surface area contributed by atoms with E-state index in [4.69, 9.17) is 5.73 Å². The van der Waals surface area contributed by atoms with E-state index < -0.39 is 23.1 Å². The van der Waals surface area contributed by atoms with Crippen LogP contribution in [0.2, 0.25) is 0 Å². The Morgan fingerprint density at radius 3 is 2.21 bits per heavy atom. The lowest BCUT2D eigenvalue weighted by Gasteiger charge is -2.23. The van der Waals surface area contributed by atoms with Crippen molar-refractivity contribution in [1.29, 1.82) is 0 Å². The van der Waals surface area contributed by atoms with Crippen LogP contribution in [0.1, 0.15) is 31.8 Å². The quantitative estimate of drug-likeness (QED) is 0.299. The maximum Gasteiger partial charge on any atom is 0.239 e. The molecule has 9 nitrogen and oxygen atoms in total. The zero-order valence-corrected chi connectivity index (χ0v) is 16.1. The summed E-state index contributed by atoms with van der Waals surface area (Å²) in [4.78, 5) is 39.9. The molecule has 3 rings (SSSR count). The molecule has 2 aromatic carbocycles. The number of likely N-dealkylation sites (N-methyl/N-ethyl adjacent to an activating group) is 1. The van der Waals surface area contributed by atoms with Crippen LogP contribution in [-0.2, 0) is 4.79 Å². The molecule has 0 fully saturated rings. The predicted molar refractivity (Wildman–Crippen MR) is 108 cm³/mol. The van der Waals surface area contributed by atoms with Gasteiger partial charge in [0.15, 0.2) is 5.78 Å². The molecule has 2 aromatic rings. The van der Waals surface area contributed by atoms with Crippen LogP contribution in [0.25, 0.3) is 0 Å². The average molecular weight is 398 g/mol. The molecule has 1 aliphatic rings. The molecule has 29 heavy (non-hydrogen) atoms. The molecule has 9 heteroatoms. The Hall–Kier alpha value is -3.59. The summed E-state index contributed by atoms with van der Waals surface area (Å²) >= 11 is 0. The third-order valence-electron chi connectivity index (χ3n) is 4.63. The normalized spacial score (nSPS) is 12.5. The third kappa shape index (κ3) is 3.72. The van der Waals surface area contributed by atoms with Crippen molar-refractivity contribution in [2.45, 2.75) is 0 Å². The fourth-order valence-corrected chi connectivity index (χ4v) is 3.19. The number of aromatic hydroxyl groups is 2. The van der Waals surface area contributed by atoms with Crippen LogP contribution in [0.3, 0.4) is 0 Å². The zero-order chi connectivity index (χ0) is 21.3. The van der Waals surface area contributed by atoms with Crippen LogP contribution in [0, 0.1) is 0 Å². The van der Waals surface area contributed by atoms with E-state index in [1.54, 1.807) is 0 Å². The van der Waals surface area contributed by atoms with Gasteiger partial charge in [0.05, 0.1) is 28.8 Å². The summed E-state index contributed by atoms with van der Waals surface area (Å²) in [6.45, 7) is 1.00. The molecule has 1 amide bonds. The summed E-state index contributed by atoms with van der Waals surface area (Å²) in [7, 11) is 3.77. The third-order valence-corrected chi connectivity index (χ3v) is 4.63. The molecule has 152 valence electrons. The fourth-order valence-electron chi connectivity index (χ4n) is 3.19. The van der Waals surface area contributed by atoms with E-state index in [-0.39, 0.29) is 46.1 Å². The standard InChI is InChI=1S/C20H22N4O5/c1-24(2)8-7-22-14(27)9-23-11-4-6-13(26)18-16(11)19(28)15-10(21)3-5-12(25)17(15)20(18)29/h3-6,23,25-26H,7-9,21H2,1-2H3,(H,22,27). The lowest BCUT2D eigenvalue weighted by Crippen LogP contribution is -2.35. The van der Waals surface area contributed by atoms with E-state index in [0.717, 1.165) is 0 Å². The largest absolute Gasteiger partial charge is 0.507 e. The van der Waals surface area contributed by atoms with Gasteiger partial charge in [-0.2, -0.15) is 0 Å². The predicted octanol–water partition coefficient (Wildman–Crippen LogP) is 0.545. The highest BCUT2D eigenvalue weighted by atomic mass is 16.3. The number of nitrogens with two attached hydrogens (primary N) is 1. The first-order chi connectivity index (χ1) is 13.7. The maximum atomic E-state index is 13.1. The lowest BCUT2D eigenvalue weighted by atomic mass is 9.81. The van der Waals surface area contributed by atoms with Gasteiger partial charge < -0.3 is 31.5 Å². The van der Waals surface area contributed by atoms with E-state index in [9.17, 15) is 24.6 Å². The van der Waals surface area contributed by atoms with E-state index >= 15 is 0 Å². The summed E-state index contributed by atoms with van der Waals surface area (Å²) in [5, 5.41) is 25.8. The van der Waals surface area contributed by atoms with Crippen molar-refractivity contribution < 1.29 is 24.6 Å². The molecule has 0 unspecified atom stereocenters. The lowest BCUT2D eigenvalue weighted by molar-refractivity contribution is -0.119. The van der Waals surface area contributed by atoms with Crippen molar-refractivity contribution in [3.63, 3.8) is 0 Å². The van der Waals surface area contributed by atoms with Gasteiger partial charge in [-0.1, -0.05) is 0 Å². The van der Waals surface area contributed by atoms with Gasteiger partial charge in [-0.3, -0.25) is 14.4 Å². The van der Waals surface area contributed by atoms with Crippen molar-refractivity contribution in [2.24, 2.45) is 0 Å². The molecule has 0 spiro atoms. The highest BCUT2D eigenvalue weighted by Gasteiger charge is 2.37. The summed E-state index contributed by atoms with van der Waals surface area (Å²) in [5.74, 6) is -2.41. The van der Waals surface area contributed by atoms with Gasteiger partial charge in [-0.15, -0.1) is 0 Å². The van der Waals surface area contributed by atoms with Crippen molar-refractivity contribution in [2.75, 3.05) is 44.8 Å². The van der Waals surface area contributed by atoms with Crippen LogP contribution < -0.4 is 16.4 Å². The van der Waals surface area contributed by atoms with Gasteiger partial charge in [0, 0.05) is 24.5 Å². The van der Waals surface area contributed by atoms with Crippen molar-refractivity contribution in [3.8, 4) is 11.5 Å². The van der Waals surface area contributed by atoms with Crippen LogP contribution in [-0.4, -0.2) is 66.3 Å². The number of hydrogen-bond donors (Lipinski definition) is 5. The number of ketones is 2. The topological polar surface area (TPSA) is 145 Å². The molecule has 0 atom stereocenters. The Morgan fingerprint density at radius 2 is 1.55 bits per heavy atom. The molecule has 6 N–H and O–H groups in total. The Balaban J connectivity index is 1.92. The minimum absolute atomic E-state index is 0.0394. The summed E-state index contributed by atoms with van der Waals surface area (Å²) in [5.41, 5.74) is 5.45. The summed E-state index contributed by atoms with van der Waals surface area (Å²) in [6.07, 6.45) is 0. The number of carbonyl (C=O) groups excluding carboxylic acids is 3. The number of hydrogen-bond acceptors (Lipinski definition) is 8. The van der Waals surface area contributed by atoms with Gasteiger partial charge in [0.2, 0.25) is 11.7 Å². The summed E-state index contributed by atoms with van der Waals surface area (Å²) in [6, 6.07) is 5.22. The average Bonchev–Trinajstić information content (AvgIpc) is 2.66. The van der Waals surface area contributed by atoms with Gasteiger partial charge >= 0.3 is 0 Å². The number of benzene rings is 2. The minimum atomic E-state index is -0.712. The van der Waals surface area contributed by atoms with Crippen molar-refractivity contribution in [3.05, 3.63) is 46.5 Å². The zero-order valence-electron chi connectivity index (χ0n) is 16.1. The number of phenolic OH excluding ortho intramolecular Hbond substituents is 2. The van der Waals surface area contributed by atoms with E-state index in [1.165, 1.54) is 24.3 Å². The number of amides is 1. The second-order valence-corrected chi connectivity index (χ2v) is 6.97. The highest BCUT2D eigenvalue weighted by Crippen LogP contribution is 2.41. The van der Waals surface area contributed by atoms with E-state index in [2.05, 4.69) is 10.6 Å². The molecule has 1 aliphatic carbocycles. The Bertz CT molecular complexity index is 1020. The number of anilines is 2. The molecule has 0 saturated heterocycles. The van der Waals surface area contributed by atoms with Gasteiger partial charge in [-0.05, 0) is 38.4 Å². The first-order valence-corrected chi connectivity index (χ1v) is 8.94. The number of nitrogens with one attached hydrogen (secondary N) is 2. The first kappa shape index (κ1) is 20.2. The Labute approximate surface area is 167 Å². The number of carbonyl (C=O) groups is 3. The molecular weight excluding hydrogens is 376 g/mol. The van der Waals surface area contributed by atoms with Gasteiger partial charge in [0.1, 0.15) is 11.5 Å². The fraction of sp³-hybridized carbons (Fsp3) is 0.250. The molecule has 0 aromatic heterocycles. The minimum Gasteiger partial charge on any atom is -0.507 e. The number of nitrogen functional groups attached to an aromatic ring is 1. The number of nitrogens with zero attached hydrogens (tertiary/aromatic N) is 1. The highest BCUT2D eigenvalue weighted by molar-refractivity contribution is 6.33.